The molecule has 0 atom stereocenters. The van der Waals surface area contributed by atoms with E-state index in [1.807, 2.05) is 31.2 Å². The fourth-order valence-electron chi connectivity index (χ4n) is 3.13. The molecule has 0 bridgehead atoms. The van der Waals surface area contributed by atoms with Gasteiger partial charge in [0.2, 0.25) is 0 Å². The molecule has 31 heavy (non-hydrogen) atoms. The molecular formula is C24H29IN4O2. The monoisotopic (exact) mass is 532 g/mol. The van der Waals surface area contributed by atoms with Crippen molar-refractivity contribution >= 4 is 29.9 Å². The Bertz CT molecular complexity index is 1060. The molecule has 3 rings (SSSR count). The topological polar surface area (TPSA) is 67.7 Å². The van der Waals surface area contributed by atoms with Gasteiger partial charge in [-0.15, -0.1) is 24.0 Å². The third kappa shape index (κ3) is 7.13. The lowest BCUT2D eigenvalue weighted by molar-refractivity contribution is 0.408. The molecule has 2 aromatic carbocycles. The Balaban J connectivity index is 0.00000341. The second-order valence-electron chi connectivity index (χ2n) is 7.08. The van der Waals surface area contributed by atoms with E-state index in [-0.39, 0.29) is 29.5 Å². The molecule has 0 unspecified atom stereocenters. The molecule has 1 heterocycles. The summed E-state index contributed by atoms with van der Waals surface area (Å²) in [4.78, 5) is 16.1. The Hall–Kier alpha value is -2.81. The van der Waals surface area contributed by atoms with Gasteiger partial charge in [-0.05, 0) is 35.7 Å². The average Bonchev–Trinajstić information content (AvgIpc) is 2.77. The van der Waals surface area contributed by atoms with Crippen LogP contribution in [-0.2, 0) is 19.6 Å². The molecule has 0 aliphatic heterocycles. The summed E-state index contributed by atoms with van der Waals surface area (Å²) in [5.74, 6) is 1.59. The average molecular weight is 532 g/mol. The molecule has 6 nitrogen and oxygen atoms in total. The fourth-order valence-corrected chi connectivity index (χ4v) is 3.13. The van der Waals surface area contributed by atoms with Crippen molar-refractivity contribution in [1.82, 2.24) is 15.2 Å². The van der Waals surface area contributed by atoms with E-state index in [2.05, 4.69) is 39.9 Å². The van der Waals surface area contributed by atoms with Gasteiger partial charge in [0.15, 0.2) is 5.96 Å². The van der Waals surface area contributed by atoms with Crippen molar-refractivity contribution in [3.05, 3.63) is 99.5 Å². The highest BCUT2D eigenvalue weighted by atomic mass is 127. The Morgan fingerprint density at radius 3 is 2.39 bits per heavy atom. The van der Waals surface area contributed by atoms with E-state index in [0.29, 0.717) is 19.6 Å². The van der Waals surface area contributed by atoms with Crippen molar-refractivity contribution in [2.24, 2.45) is 4.99 Å². The predicted molar refractivity (Wildman–Crippen MR) is 136 cm³/mol. The summed E-state index contributed by atoms with van der Waals surface area (Å²) in [5, 5.41) is 6.65. The van der Waals surface area contributed by atoms with Gasteiger partial charge >= 0.3 is 0 Å². The van der Waals surface area contributed by atoms with E-state index in [1.165, 1.54) is 5.56 Å². The van der Waals surface area contributed by atoms with Gasteiger partial charge < -0.3 is 19.9 Å². The first-order valence-corrected chi connectivity index (χ1v) is 9.90. The summed E-state index contributed by atoms with van der Waals surface area (Å²) in [5.41, 5.74) is 4.46. The second kappa shape index (κ2) is 12.1. The van der Waals surface area contributed by atoms with Crippen LogP contribution in [0.4, 0.5) is 0 Å². The number of nitrogens with one attached hydrogen (secondary N) is 2. The molecular weight excluding hydrogens is 503 g/mol. The number of benzene rings is 2. The molecule has 0 fully saturated rings. The van der Waals surface area contributed by atoms with E-state index in [4.69, 9.17) is 4.74 Å². The summed E-state index contributed by atoms with van der Waals surface area (Å²) in [6.07, 6.45) is 1.80. The lowest BCUT2D eigenvalue weighted by atomic mass is 10.1. The summed E-state index contributed by atoms with van der Waals surface area (Å²) in [7, 11) is 3.44. The van der Waals surface area contributed by atoms with Crippen molar-refractivity contribution < 1.29 is 4.74 Å². The quantitative estimate of drug-likeness (QED) is 0.277. The molecule has 7 heteroatoms. The molecule has 0 saturated carbocycles. The number of guanidine groups is 1. The van der Waals surface area contributed by atoms with E-state index in [9.17, 15) is 4.79 Å². The minimum atomic E-state index is 0. The number of halogens is 1. The van der Waals surface area contributed by atoms with Crippen molar-refractivity contribution in [3.63, 3.8) is 0 Å². The van der Waals surface area contributed by atoms with E-state index >= 15 is 0 Å². The fraction of sp³-hybridized carbons (Fsp3) is 0.250. The zero-order valence-corrected chi connectivity index (χ0v) is 20.4. The SMILES string of the molecule is CN=C(NCc1ccc(Cn2ccccc2=O)cc1)NCc1ccc(C)cc1OC.I. The highest BCUT2D eigenvalue weighted by Crippen LogP contribution is 2.19. The minimum absolute atomic E-state index is 0. The molecule has 0 spiro atoms. The number of hydrogen-bond acceptors (Lipinski definition) is 3. The summed E-state index contributed by atoms with van der Waals surface area (Å²) in [6, 6.07) is 19.6. The van der Waals surface area contributed by atoms with Gasteiger partial charge in [-0.1, -0.05) is 42.5 Å². The van der Waals surface area contributed by atoms with Crippen LogP contribution in [-0.4, -0.2) is 24.7 Å². The maximum Gasteiger partial charge on any atom is 0.250 e. The molecule has 2 N–H and O–H groups in total. The Labute approximate surface area is 200 Å². The predicted octanol–water partition coefficient (Wildman–Crippen LogP) is 3.70. The molecule has 1 aromatic heterocycles. The van der Waals surface area contributed by atoms with Crippen LogP contribution >= 0.6 is 24.0 Å². The highest BCUT2D eigenvalue weighted by molar-refractivity contribution is 14.0. The van der Waals surface area contributed by atoms with Gasteiger partial charge in [0.05, 0.1) is 13.7 Å². The number of hydrogen-bond donors (Lipinski definition) is 2. The third-order valence-corrected chi connectivity index (χ3v) is 4.85. The minimum Gasteiger partial charge on any atom is -0.496 e. The standard InChI is InChI=1S/C24H28N4O2.HI/c1-18-7-12-21(22(14-18)30-3)16-27-24(25-2)26-15-19-8-10-20(11-9-19)17-28-13-5-4-6-23(28)29;/h4-14H,15-17H2,1-3H3,(H2,25,26,27);1H. The maximum absolute atomic E-state index is 11.8. The number of aromatic nitrogens is 1. The molecule has 0 aliphatic carbocycles. The van der Waals surface area contributed by atoms with Gasteiger partial charge in [-0.3, -0.25) is 9.79 Å². The molecule has 0 aliphatic rings. The largest absolute Gasteiger partial charge is 0.496 e. The first kappa shape index (κ1) is 24.5. The summed E-state index contributed by atoms with van der Waals surface area (Å²) in [6.45, 7) is 3.88. The van der Waals surface area contributed by atoms with Crippen LogP contribution in [0.5, 0.6) is 5.75 Å². The number of methoxy groups -OCH3 is 1. The molecule has 0 amide bonds. The van der Waals surface area contributed by atoms with Gasteiger partial charge in [0.25, 0.3) is 5.56 Å². The number of rotatable bonds is 7. The first-order valence-electron chi connectivity index (χ1n) is 9.90. The normalized spacial score (nSPS) is 10.9. The molecule has 0 radical (unpaired) electrons. The number of aryl methyl sites for hydroxylation is 1. The van der Waals surface area contributed by atoms with Crippen molar-refractivity contribution in [2.75, 3.05) is 14.2 Å². The zero-order chi connectivity index (χ0) is 21.3. The Morgan fingerprint density at radius 1 is 1.00 bits per heavy atom. The number of ether oxygens (including phenoxy) is 1. The van der Waals surface area contributed by atoms with E-state index in [1.54, 1.807) is 37.1 Å². The van der Waals surface area contributed by atoms with Crippen LogP contribution < -0.4 is 20.9 Å². The summed E-state index contributed by atoms with van der Waals surface area (Å²) >= 11 is 0. The van der Waals surface area contributed by atoms with Gasteiger partial charge in [0.1, 0.15) is 5.75 Å². The van der Waals surface area contributed by atoms with Crippen molar-refractivity contribution in [1.29, 1.82) is 0 Å². The smallest absolute Gasteiger partial charge is 0.250 e. The van der Waals surface area contributed by atoms with Gasteiger partial charge in [-0.25, -0.2) is 0 Å². The Morgan fingerprint density at radius 2 is 1.71 bits per heavy atom. The Kier molecular flexibility index (Phi) is 9.58. The lowest BCUT2D eigenvalue weighted by Crippen LogP contribution is -2.36. The van der Waals surface area contributed by atoms with Crippen molar-refractivity contribution in [2.45, 2.75) is 26.6 Å². The van der Waals surface area contributed by atoms with E-state index in [0.717, 1.165) is 28.4 Å². The van der Waals surface area contributed by atoms with Crippen LogP contribution in [0.1, 0.15) is 22.3 Å². The van der Waals surface area contributed by atoms with E-state index < -0.39 is 0 Å². The first-order chi connectivity index (χ1) is 14.6. The third-order valence-electron chi connectivity index (χ3n) is 4.85. The van der Waals surface area contributed by atoms with Crippen LogP contribution in [0, 0.1) is 6.92 Å². The zero-order valence-electron chi connectivity index (χ0n) is 18.1. The molecule has 0 saturated heterocycles. The highest BCUT2D eigenvalue weighted by Gasteiger charge is 2.05. The number of aliphatic imine (C=N–C) groups is 1. The van der Waals surface area contributed by atoms with Gasteiger partial charge in [0, 0.05) is 38.0 Å². The van der Waals surface area contributed by atoms with Crippen LogP contribution in [0.3, 0.4) is 0 Å². The molecule has 3 aromatic rings. The van der Waals surface area contributed by atoms with Gasteiger partial charge in [-0.2, -0.15) is 0 Å². The second-order valence-corrected chi connectivity index (χ2v) is 7.08. The number of pyridine rings is 1. The maximum atomic E-state index is 11.8. The number of nitrogens with zero attached hydrogens (tertiary/aromatic N) is 2. The van der Waals surface area contributed by atoms with Crippen LogP contribution in [0.15, 0.2) is 76.6 Å². The van der Waals surface area contributed by atoms with Crippen LogP contribution in [0.25, 0.3) is 0 Å². The summed E-state index contributed by atoms with van der Waals surface area (Å²) < 4.78 is 7.15. The van der Waals surface area contributed by atoms with Crippen LogP contribution in [0.2, 0.25) is 0 Å². The lowest BCUT2D eigenvalue weighted by Gasteiger charge is -2.14. The molecule has 164 valence electrons. The van der Waals surface area contributed by atoms with Crippen molar-refractivity contribution in [3.8, 4) is 5.75 Å².